The number of carbonyl (C=O) groups excluding carboxylic acids is 2. The van der Waals surface area contributed by atoms with Crippen LogP contribution in [0, 0.1) is 11.3 Å². The quantitative estimate of drug-likeness (QED) is 0.203. The van der Waals surface area contributed by atoms with Gasteiger partial charge in [0.05, 0.1) is 13.0 Å². The molecule has 1 saturated heterocycles. The zero-order chi connectivity index (χ0) is 26.7. The number of rotatable bonds is 4. The molecule has 0 amide bonds. The van der Waals surface area contributed by atoms with Gasteiger partial charge in [-0.3, -0.25) is 4.79 Å². The van der Waals surface area contributed by atoms with Crippen molar-refractivity contribution in [2.75, 3.05) is 6.61 Å². The van der Waals surface area contributed by atoms with Crippen LogP contribution >= 0.6 is 0 Å². The molecule has 2 heterocycles. The Hall–Kier alpha value is -2.28. The number of nitrogens with one attached hydrogen (secondary N) is 1. The highest BCUT2D eigenvalue weighted by Gasteiger charge is 2.97. The van der Waals surface area contributed by atoms with Crippen molar-refractivity contribution in [1.29, 1.82) is 0 Å². The fourth-order valence-corrected chi connectivity index (χ4v) is 7.86. The van der Waals surface area contributed by atoms with Crippen molar-refractivity contribution in [3.63, 3.8) is 0 Å². The summed E-state index contributed by atoms with van der Waals surface area (Å²) in [6, 6.07) is 3.05. The molecule has 1 aliphatic heterocycles. The van der Waals surface area contributed by atoms with E-state index in [0.29, 0.717) is 5.57 Å². The van der Waals surface area contributed by atoms with Gasteiger partial charge in [0, 0.05) is 11.6 Å². The summed E-state index contributed by atoms with van der Waals surface area (Å²) in [4.78, 5) is 28.8. The summed E-state index contributed by atoms with van der Waals surface area (Å²) >= 11 is 0. The molecule has 7 N–H and O–H groups in total. The van der Waals surface area contributed by atoms with Crippen molar-refractivity contribution in [1.82, 2.24) is 4.98 Å². The molecule has 11 nitrogen and oxygen atoms in total. The van der Waals surface area contributed by atoms with Crippen LogP contribution in [0.3, 0.4) is 0 Å². The highest BCUT2D eigenvalue weighted by molar-refractivity contribution is 5.88. The smallest absolute Gasteiger partial charge is 0.355 e. The summed E-state index contributed by atoms with van der Waals surface area (Å²) in [6.45, 7) is 5.41. The first-order chi connectivity index (χ1) is 16.6. The number of fused-ring (bicyclic) bond motifs is 2. The lowest BCUT2D eigenvalue weighted by Crippen LogP contribution is -2.81. The van der Waals surface area contributed by atoms with Gasteiger partial charge in [-0.2, -0.15) is 0 Å². The van der Waals surface area contributed by atoms with E-state index in [1.165, 1.54) is 26.1 Å². The Morgan fingerprint density at radius 3 is 2.47 bits per heavy atom. The summed E-state index contributed by atoms with van der Waals surface area (Å²) < 4.78 is 11.5. The standard InChI is InChI=1S/C25H33NO10/c1-12(2)16-13(3)23(33)24(34,17(16)35-18(29)14-6-5-9-26-14)20(4)10-15(28)36-25(23)19(30)21(31,11-27)7-8-22(20,25)32/h5-6,9,12,17,19,26-27,30-34H,7-8,10-11H2,1-4H3. The first-order valence-corrected chi connectivity index (χ1v) is 12.1. The Balaban J connectivity index is 1.82. The molecule has 0 aromatic carbocycles. The van der Waals surface area contributed by atoms with E-state index in [-0.39, 0.29) is 24.1 Å². The molecular weight excluding hydrogens is 474 g/mol. The van der Waals surface area contributed by atoms with E-state index >= 15 is 0 Å². The Morgan fingerprint density at radius 1 is 1.25 bits per heavy atom. The van der Waals surface area contributed by atoms with Crippen molar-refractivity contribution in [2.45, 2.75) is 87.2 Å². The molecule has 0 spiro atoms. The average Bonchev–Trinajstić information content (AvgIpc) is 3.42. The number of ether oxygens (including phenoxy) is 2. The number of H-pyrrole nitrogens is 1. The number of aromatic nitrogens is 1. The Bertz CT molecular complexity index is 1160. The number of hydrogen-bond donors (Lipinski definition) is 7. The molecule has 3 fully saturated rings. The van der Waals surface area contributed by atoms with E-state index in [1.54, 1.807) is 19.9 Å². The van der Waals surface area contributed by atoms with Crippen molar-refractivity contribution in [3.8, 4) is 0 Å². The van der Waals surface area contributed by atoms with Crippen LogP contribution in [0.1, 0.15) is 57.4 Å². The minimum Gasteiger partial charge on any atom is -0.450 e. The van der Waals surface area contributed by atoms with Crippen molar-refractivity contribution < 1.29 is 49.7 Å². The number of hydrogen-bond acceptors (Lipinski definition) is 10. The third kappa shape index (κ3) is 2.31. The zero-order valence-electron chi connectivity index (χ0n) is 20.6. The van der Waals surface area contributed by atoms with Gasteiger partial charge >= 0.3 is 11.9 Å². The fourth-order valence-electron chi connectivity index (χ4n) is 7.86. The number of esters is 2. The summed E-state index contributed by atoms with van der Waals surface area (Å²) in [7, 11) is 0. The normalized spacial score (nSPS) is 47.6. The zero-order valence-corrected chi connectivity index (χ0v) is 20.6. The highest BCUT2D eigenvalue weighted by atomic mass is 16.6. The monoisotopic (exact) mass is 507 g/mol. The van der Waals surface area contributed by atoms with Gasteiger partial charge in [0.1, 0.15) is 23.0 Å². The molecule has 36 heavy (non-hydrogen) atoms. The number of aliphatic hydroxyl groups is 6. The lowest BCUT2D eigenvalue weighted by molar-refractivity contribution is -0.334. The van der Waals surface area contributed by atoms with E-state index in [2.05, 4.69) is 4.98 Å². The molecule has 8 unspecified atom stereocenters. The van der Waals surface area contributed by atoms with Crippen LogP contribution in [0.4, 0.5) is 0 Å². The maximum Gasteiger partial charge on any atom is 0.355 e. The maximum absolute atomic E-state index is 13.1. The summed E-state index contributed by atoms with van der Waals surface area (Å²) in [5.74, 6) is -2.18. The molecule has 11 heteroatoms. The van der Waals surface area contributed by atoms with Gasteiger partial charge in [-0.1, -0.05) is 20.8 Å². The van der Waals surface area contributed by atoms with E-state index < -0.39 is 76.5 Å². The van der Waals surface area contributed by atoms with Crippen LogP contribution in [-0.4, -0.2) is 94.4 Å². The SMILES string of the molecule is CC1=C(C(C)C)C(OC(=O)c2ccc[nH]2)C2(O)C3(C)CC(=O)OC4(C(O)C(O)(CO)CCC34O)C12O. The molecule has 4 aliphatic rings. The van der Waals surface area contributed by atoms with Crippen LogP contribution in [0.25, 0.3) is 0 Å². The molecule has 198 valence electrons. The van der Waals surface area contributed by atoms with Crippen LogP contribution in [0.2, 0.25) is 0 Å². The third-order valence-corrected chi connectivity index (χ3v) is 9.62. The maximum atomic E-state index is 13.1. The second-order valence-corrected chi connectivity index (χ2v) is 11.3. The van der Waals surface area contributed by atoms with E-state index in [4.69, 9.17) is 9.47 Å². The van der Waals surface area contributed by atoms with E-state index in [1.807, 2.05) is 0 Å². The topological polar surface area (TPSA) is 190 Å². The average molecular weight is 508 g/mol. The molecule has 3 aliphatic carbocycles. The predicted octanol–water partition coefficient (Wildman–Crippen LogP) is -0.697. The van der Waals surface area contributed by atoms with Crippen LogP contribution in [0.5, 0.6) is 0 Å². The molecular formula is C25H33NO10. The van der Waals surface area contributed by atoms with Gasteiger partial charge in [0.25, 0.3) is 0 Å². The van der Waals surface area contributed by atoms with E-state index in [0.717, 1.165) is 0 Å². The number of aromatic amines is 1. The summed E-state index contributed by atoms with van der Waals surface area (Å²) in [6.07, 6.45) is -3.44. The molecule has 2 bridgehead atoms. The molecule has 8 atom stereocenters. The number of carbonyl (C=O) groups is 2. The molecule has 1 aromatic heterocycles. The lowest BCUT2D eigenvalue weighted by atomic mass is 9.54. The molecule has 0 radical (unpaired) electrons. The van der Waals surface area contributed by atoms with Gasteiger partial charge in [0.2, 0.25) is 5.60 Å². The molecule has 1 aromatic rings. The minimum absolute atomic E-state index is 0.0439. The Labute approximate surface area is 207 Å². The Kier molecular flexibility index (Phi) is 5.06. The van der Waals surface area contributed by atoms with Crippen LogP contribution < -0.4 is 0 Å². The van der Waals surface area contributed by atoms with Gasteiger partial charge in [-0.25, -0.2) is 4.79 Å². The molecule has 5 rings (SSSR count). The van der Waals surface area contributed by atoms with Gasteiger partial charge in [0.15, 0.2) is 17.3 Å². The Morgan fingerprint density at radius 2 is 1.92 bits per heavy atom. The highest BCUT2D eigenvalue weighted by Crippen LogP contribution is 2.77. The van der Waals surface area contributed by atoms with Crippen LogP contribution in [-0.2, 0) is 14.3 Å². The van der Waals surface area contributed by atoms with E-state index in [9.17, 15) is 40.2 Å². The first-order valence-electron chi connectivity index (χ1n) is 12.1. The van der Waals surface area contributed by atoms with Gasteiger partial charge in [-0.15, -0.1) is 0 Å². The minimum atomic E-state index is -2.70. The molecule has 2 saturated carbocycles. The third-order valence-electron chi connectivity index (χ3n) is 9.62. The lowest BCUT2D eigenvalue weighted by Gasteiger charge is -2.61. The van der Waals surface area contributed by atoms with Gasteiger partial charge in [-0.05, 0) is 49.0 Å². The summed E-state index contributed by atoms with van der Waals surface area (Å²) in [5.41, 5.74) is -13.9. The first kappa shape index (κ1) is 25.4. The second-order valence-electron chi connectivity index (χ2n) is 11.3. The van der Waals surface area contributed by atoms with Crippen molar-refractivity contribution in [3.05, 3.63) is 35.2 Å². The predicted molar refractivity (Wildman–Crippen MR) is 121 cm³/mol. The fraction of sp³-hybridized carbons (Fsp3) is 0.680. The van der Waals surface area contributed by atoms with Crippen molar-refractivity contribution >= 4 is 11.9 Å². The number of aliphatic hydroxyl groups excluding tert-OH is 2. The van der Waals surface area contributed by atoms with Crippen LogP contribution in [0.15, 0.2) is 29.5 Å². The second kappa shape index (κ2) is 7.18. The largest absolute Gasteiger partial charge is 0.450 e. The summed E-state index contributed by atoms with van der Waals surface area (Å²) in [5, 5.41) is 70.1. The van der Waals surface area contributed by atoms with Gasteiger partial charge < -0.3 is 45.1 Å². The van der Waals surface area contributed by atoms with Crippen molar-refractivity contribution in [2.24, 2.45) is 11.3 Å².